The molecule has 0 heterocycles. The molecule has 0 aliphatic heterocycles. The maximum Gasteiger partial charge on any atom is -0.00179 e. The van der Waals surface area contributed by atoms with Crippen molar-refractivity contribution < 1.29 is 0 Å². The van der Waals surface area contributed by atoms with Gasteiger partial charge in [0.25, 0.3) is 0 Å². The molecule has 0 aromatic carbocycles. The van der Waals surface area contributed by atoms with Crippen LogP contribution in [0.5, 0.6) is 0 Å². The highest BCUT2D eigenvalue weighted by Gasteiger charge is 1.67. The Kier molecular flexibility index (Phi) is 38.1. The van der Waals surface area contributed by atoms with Gasteiger partial charge in [-0.3, -0.25) is 0 Å². The zero-order valence-corrected chi connectivity index (χ0v) is 9.09. The van der Waals surface area contributed by atoms with Crippen molar-refractivity contribution in [3.8, 4) is 0 Å². The molecule has 0 amide bonds. The van der Waals surface area contributed by atoms with Gasteiger partial charge in [-0.1, -0.05) is 34.6 Å². The van der Waals surface area contributed by atoms with Crippen molar-refractivity contribution in [2.24, 2.45) is 5.73 Å². The van der Waals surface area contributed by atoms with E-state index in [9.17, 15) is 0 Å². The molecule has 0 unspecified atom stereocenters. The Labute approximate surface area is 70.8 Å². The van der Waals surface area contributed by atoms with Gasteiger partial charge in [-0.15, -0.1) is 0 Å². The second-order valence-electron chi connectivity index (χ2n) is 1.82. The third-order valence-electron chi connectivity index (χ3n) is 0.289. The van der Waals surface area contributed by atoms with E-state index in [1.807, 2.05) is 39.5 Å². The minimum atomic E-state index is 0.333. The Morgan fingerprint density at radius 3 is 1.40 bits per heavy atom. The summed E-state index contributed by atoms with van der Waals surface area (Å²) in [4.78, 5) is 0. The average Bonchev–Trinajstić information content (AvgIpc) is 1.91. The predicted octanol–water partition coefficient (Wildman–Crippen LogP) is 2.75. The minimum absolute atomic E-state index is 0.333. The summed E-state index contributed by atoms with van der Waals surface area (Å²) in [6, 6.07) is 0.333. The summed E-state index contributed by atoms with van der Waals surface area (Å²) in [7, 11) is 0. The topological polar surface area (TPSA) is 26.0 Å². The summed E-state index contributed by atoms with van der Waals surface area (Å²) >= 11 is 1.86. The molecule has 0 rings (SSSR count). The Hall–Kier alpha value is 0.310. The van der Waals surface area contributed by atoms with Crippen LogP contribution in [0, 0.1) is 0 Å². The molecule has 0 saturated heterocycles. The van der Waals surface area contributed by atoms with Gasteiger partial charge in [0.2, 0.25) is 0 Å². The predicted molar refractivity (Wildman–Crippen MR) is 54.7 cm³/mol. The van der Waals surface area contributed by atoms with Crippen LogP contribution in [0.3, 0.4) is 0 Å². The summed E-state index contributed by atoms with van der Waals surface area (Å²) in [6.07, 6.45) is 2.10. The van der Waals surface area contributed by atoms with E-state index in [0.29, 0.717) is 6.04 Å². The van der Waals surface area contributed by atoms with E-state index in [4.69, 9.17) is 5.73 Å². The molecule has 1 nitrogen and oxygen atoms in total. The van der Waals surface area contributed by atoms with E-state index in [-0.39, 0.29) is 0 Å². The molecular formula is C8H23NS. The van der Waals surface area contributed by atoms with Crippen molar-refractivity contribution in [1.29, 1.82) is 0 Å². The van der Waals surface area contributed by atoms with Crippen LogP contribution in [0.4, 0.5) is 0 Å². The molecule has 0 atom stereocenters. The van der Waals surface area contributed by atoms with Crippen molar-refractivity contribution in [3.05, 3.63) is 0 Å². The largest absolute Gasteiger partial charge is 0.328 e. The lowest BCUT2D eigenvalue weighted by Crippen LogP contribution is -2.06. The molecule has 0 fully saturated rings. The molecule has 2 N–H and O–H groups in total. The Bertz CT molecular complexity index is 25.7. The SMILES string of the molecule is CC.CC(C)N.CCSC. The lowest BCUT2D eigenvalue weighted by Gasteiger charge is -1.81. The van der Waals surface area contributed by atoms with Gasteiger partial charge < -0.3 is 5.73 Å². The van der Waals surface area contributed by atoms with E-state index < -0.39 is 0 Å². The molecule has 0 aromatic heterocycles. The van der Waals surface area contributed by atoms with Crippen LogP contribution >= 0.6 is 11.8 Å². The third kappa shape index (κ3) is 259. The van der Waals surface area contributed by atoms with Crippen molar-refractivity contribution in [2.75, 3.05) is 12.0 Å². The lowest BCUT2D eigenvalue weighted by atomic mass is 10.5. The molecule has 0 radical (unpaired) electrons. The van der Waals surface area contributed by atoms with Crippen LogP contribution in [0.2, 0.25) is 0 Å². The average molecular weight is 165 g/mol. The molecule has 66 valence electrons. The van der Waals surface area contributed by atoms with Crippen LogP contribution in [0.25, 0.3) is 0 Å². The first-order valence-electron chi connectivity index (χ1n) is 3.89. The van der Waals surface area contributed by atoms with E-state index >= 15 is 0 Å². The molecule has 2 heteroatoms. The normalized spacial score (nSPS) is 7.20. The van der Waals surface area contributed by atoms with Gasteiger partial charge >= 0.3 is 0 Å². The van der Waals surface area contributed by atoms with Gasteiger partial charge in [0.05, 0.1) is 0 Å². The van der Waals surface area contributed by atoms with Crippen molar-refractivity contribution in [1.82, 2.24) is 0 Å². The smallest absolute Gasteiger partial charge is 0.00179 e. The van der Waals surface area contributed by atoms with Gasteiger partial charge in [-0.25, -0.2) is 0 Å². The highest BCUT2D eigenvalue weighted by atomic mass is 32.2. The molecule has 0 bridgehead atoms. The highest BCUT2D eigenvalue weighted by Crippen LogP contribution is 1.83. The number of nitrogens with two attached hydrogens (primary N) is 1. The number of thioether (sulfide) groups is 1. The summed E-state index contributed by atoms with van der Waals surface area (Å²) in [6.45, 7) is 10.0. The van der Waals surface area contributed by atoms with E-state index in [1.165, 1.54) is 5.75 Å². The molecule has 0 aliphatic carbocycles. The van der Waals surface area contributed by atoms with Gasteiger partial charge in [-0.2, -0.15) is 11.8 Å². The maximum atomic E-state index is 5.11. The summed E-state index contributed by atoms with van der Waals surface area (Å²) in [5.41, 5.74) is 5.11. The second kappa shape index (κ2) is 22.8. The lowest BCUT2D eigenvalue weighted by molar-refractivity contribution is 0.834. The van der Waals surface area contributed by atoms with Crippen LogP contribution in [0.1, 0.15) is 34.6 Å². The summed E-state index contributed by atoms with van der Waals surface area (Å²) in [5.74, 6) is 1.24. The maximum absolute atomic E-state index is 5.11. The molecule has 0 aromatic rings. The first kappa shape index (κ1) is 16.7. The highest BCUT2D eigenvalue weighted by molar-refractivity contribution is 7.98. The zero-order valence-electron chi connectivity index (χ0n) is 8.27. The minimum Gasteiger partial charge on any atom is -0.328 e. The van der Waals surface area contributed by atoms with Crippen molar-refractivity contribution in [2.45, 2.75) is 40.7 Å². The van der Waals surface area contributed by atoms with E-state index in [1.54, 1.807) is 0 Å². The molecule has 0 spiro atoms. The fourth-order valence-electron chi connectivity index (χ4n) is 0. The summed E-state index contributed by atoms with van der Waals surface area (Å²) < 4.78 is 0. The van der Waals surface area contributed by atoms with Gasteiger partial charge in [0.1, 0.15) is 0 Å². The summed E-state index contributed by atoms with van der Waals surface area (Å²) in [5, 5.41) is 0. The van der Waals surface area contributed by atoms with Gasteiger partial charge in [0.15, 0.2) is 0 Å². The molecule has 0 aliphatic rings. The quantitative estimate of drug-likeness (QED) is 0.646. The van der Waals surface area contributed by atoms with Crippen LogP contribution < -0.4 is 5.73 Å². The fourth-order valence-corrected chi connectivity index (χ4v) is 0. The second-order valence-corrected chi connectivity index (χ2v) is 2.98. The molecule has 10 heavy (non-hydrogen) atoms. The fraction of sp³-hybridized carbons (Fsp3) is 1.00. The first-order chi connectivity index (χ1) is 4.65. The number of rotatable bonds is 1. The number of hydrogen-bond acceptors (Lipinski definition) is 2. The van der Waals surface area contributed by atoms with Crippen molar-refractivity contribution in [3.63, 3.8) is 0 Å². The Morgan fingerprint density at radius 1 is 1.30 bits per heavy atom. The molecule has 0 saturated carbocycles. The van der Waals surface area contributed by atoms with Crippen LogP contribution in [-0.4, -0.2) is 18.1 Å². The van der Waals surface area contributed by atoms with Crippen LogP contribution in [0.15, 0.2) is 0 Å². The number of hydrogen-bond donors (Lipinski definition) is 1. The first-order valence-corrected chi connectivity index (χ1v) is 5.29. The zero-order chi connectivity index (χ0) is 8.99. The third-order valence-corrected chi connectivity index (χ3v) is 0.866. The van der Waals surface area contributed by atoms with Crippen molar-refractivity contribution >= 4 is 11.8 Å². The van der Waals surface area contributed by atoms with Gasteiger partial charge in [-0.05, 0) is 18.1 Å². The Balaban J connectivity index is -0.0000000787. The molecular weight excluding hydrogens is 142 g/mol. The van der Waals surface area contributed by atoms with Crippen LogP contribution in [-0.2, 0) is 0 Å². The monoisotopic (exact) mass is 165 g/mol. The Morgan fingerprint density at radius 2 is 1.40 bits per heavy atom. The van der Waals surface area contributed by atoms with E-state index in [2.05, 4.69) is 13.2 Å². The van der Waals surface area contributed by atoms with E-state index in [0.717, 1.165) is 0 Å². The van der Waals surface area contributed by atoms with Gasteiger partial charge in [0, 0.05) is 0 Å². The standard InChI is InChI=1S/C3H9N.C3H8S.C2H6/c1-3(2)4;1-3-4-2;1-2/h3H,4H2,1-2H3;3H2,1-2H3;1-2H3.